The summed E-state index contributed by atoms with van der Waals surface area (Å²) >= 11 is 1.43. The first-order chi connectivity index (χ1) is 13.3. The smallest absolute Gasteiger partial charge is 0.330 e. The number of benzene rings is 1. The maximum Gasteiger partial charge on any atom is 0.330 e. The number of carbonyl (C=O) groups is 3. The predicted molar refractivity (Wildman–Crippen MR) is 106 cm³/mol. The van der Waals surface area contributed by atoms with Crippen LogP contribution in [-0.4, -0.2) is 40.5 Å². The number of amides is 1. The second-order valence-corrected chi connectivity index (χ2v) is 8.02. The molecule has 148 valence electrons. The van der Waals surface area contributed by atoms with Crippen molar-refractivity contribution in [1.82, 2.24) is 4.90 Å². The summed E-state index contributed by atoms with van der Waals surface area (Å²) in [5, 5.41) is -0.380. The maximum absolute atomic E-state index is 12.8. The zero-order chi connectivity index (χ0) is 20.4. The lowest BCUT2D eigenvalue weighted by Crippen LogP contribution is -2.44. The number of aryl methyl sites for hydroxylation is 2. The summed E-state index contributed by atoms with van der Waals surface area (Å²) in [6.07, 6.45) is 0.597. The summed E-state index contributed by atoms with van der Waals surface area (Å²) in [5.74, 6) is -0.0920. The number of thioether (sulfide) groups is 1. The molecule has 3 atom stereocenters. The van der Waals surface area contributed by atoms with Gasteiger partial charge in [0.05, 0.1) is 6.26 Å². The predicted octanol–water partition coefficient (Wildman–Crippen LogP) is 3.67. The quantitative estimate of drug-likeness (QED) is 0.562. The number of nitrogens with zero attached hydrogens (tertiary/aromatic N) is 1. The van der Waals surface area contributed by atoms with Gasteiger partial charge in [-0.1, -0.05) is 17.7 Å². The number of Topliss-reactive ketones (excluding diaryl/α,β-unsaturated/α-hetero) is 1. The van der Waals surface area contributed by atoms with Crippen LogP contribution in [0.15, 0.2) is 41.0 Å². The van der Waals surface area contributed by atoms with E-state index in [0.29, 0.717) is 17.1 Å². The summed E-state index contributed by atoms with van der Waals surface area (Å²) in [4.78, 5) is 39.2. The van der Waals surface area contributed by atoms with Crippen molar-refractivity contribution in [1.29, 1.82) is 0 Å². The fourth-order valence-corrected chi connectivity index (χ4v) is 4.67. The Morgan fingerprint density at radius 1 is 1.25 bits per heavy atom. The molecular formula is C21H23NO5S. The lowest BCUT2D eigenvalue weighted by molar-refractivity contribution is -0.155. The van der Waals surface area contributed by atoms with Gasteiger partial charge in [0.2, 0.25) is 11.7 Å². The second kappa shape index (κ2) is 8.22. The Morgan fingerprint density at radius 3 is 2.64 bits per heavy atom. The van der Waals surface area contributed by atoms with Crippen LogP contribution < -0.4 is 0 Å². The Hall–Kier alpha value is -2.54. The van der Waals surface area contributed by atoms with Crippen LogP contribution in [-0.2, 0) is 14.3 Å². The number of furan rings is 1. The SMILES string of the molecule is CC(=O)N1[C@@H](C(=O)O[C@H](C)C(=O)c2cc(C)ccc2C)CS[C@@H]1c1ccco1. The molecular weight excluding hydrogens is 378 g/mol. The molecule has 1 aromatic carbocycles. The van der Waals surface area contributed by atoms with Crippen molar-refractivity contribution in [2.45, 2.75) is 45.2 Å². The summed E-state index contributed by atoms with van der Waals surface area (Å²) in [6, 6.07) is 8.35. The molecule has 0 saturated carbocycles. The molecule has 1 aliphatic heterocycles. The minimum absolute atomic E-state index is 0.248. The monoisotopic (exact) mass is 401 g/mol. The molecule has 0 unspecified atom stereocenters. The summed E-state index contributed by atoms with van der Waals surface area (Å²) in [7, 11) is 0. The van der Waals surface area contributed by atoms with Crippen LogP contribution in [0.5, 0.6) is 0 Å². The maximum atomic E-state index is 12.8. The number of esters is 1. The molecule has 3 rings (SSSR count). The fraction of sp³-hybridized carbons (Fsp3) is 0.381. The van der Waals surface area contributed by atoms with E-state index in [1.165, 1.54) is 29.8 Å². The van der Waals surface area contributed by atoms with Crippen molar-refractivity contribution in [3.05, 3.63) is 59.0 Å². The van der Waals surface area contributed by atoms with E-state index in [2.05, 4.69) is 0 Å². The van der Waals surface area contributed by atoms with E-state index >= 15 is 0 Å². The molecule has 1 saturated heterocycles. The van der Waals surface area contributed by atoms with Gasteiger partial charge in [0.25, 0.3) is 0 Å². The van der Waals surface area contributed by atoms with Gasteiger partial charge in [-0.05, 0) is 44.5 Å². The average molecular weight is 401 g/mol. The first kappa shape index (κ1) is 20.2. The molecule has 2 aromatic rings. The Labute approximate surface area is 168 Å². The van der Waals surface area contributed by atoms with Gasteiger partial charge in [-0.2, -0.15) is 0 Å². The summed E-state index contributed by atoms with van der Waals surface area (Å²) < 4.78 is 10.9. The van der Waals surface area contributed by atoms with Crippen LogP contribution in [0.25, 0.3) is 0 Å². The zero-order valence-corrected chi connectivity index (χ0v) is 17.1. The van der Waals surface area contributed by atoms with Gasteiger partial charge in [0.15, 0.2) is 6.10 Å². The highest BCUT2D eigenvalue weighted by Gasteiger charge is 2.43. The van der Waals surface area contributed by atoms with Crippen molar-refractivity contribution in [3.8, 4) is 0 Å². The van der Waals surface area contributed by atoms with Gasteiger partial charge in [0, 0.05) is 18.2 Å². The van der Waals surface area contributed by atoms with Gasteiger partial charge in [-0.15, -0.1) is 11.8 Å². The largest absolute Gasteiger partial charge is 0.466 e. The average Bonchev–Trinajstić information content (AvgIpc) is 3.31. The molecule has 0 aliphatic carbocycles. The third-order valence-corrected chi connectivity index (χ3v) is 6.03. The number of ketones is 1. The molecule has 0 bridgehead atoms. The zero-order valence-electron chi connectivity index (χ0n) is 16.3. The minimum atomic E-state index is -0.936. The Morgan fingerprint density at radius 2 is 2.00 bits per heavy atom. The number of carbonyl (C=O) groups excluding carboxylic acids is 3. The second-order valence-electron chi connectivity index (χ2n) is 6.90. The van der Waals surface area contributed by atoms with Gasteiger partial charge < -0.3 is 14.1 Å². The topological polar surface area (TPSA) is 76.8 Å². The number of rotatable bonds is 5. The molecule has 1 amide bonds. The van der Waals surface area contributed by atoms with Gasteiger partial charge >= 0.3 is 5.97 Å². The first-order valence-electron chi connectivity index (χ1n) is 9.05. The normalized spacial score (nSPS) is 20.1. The number of hydrogen-bond donors (Lipinski definition) is 0. The molecule has 6 nitrogen and oxygen atoms in total. The minimum Gasteiger partial charge on any atom is -0.466 e. The Kier molecular flexibility index (Phi) is 5.93. The van der Waals surface area contributed by atoms with E-state index < -0.39 is 18.1 Å². The third-order valence-electron chi connectivity index (χ3n) is 4.74. The van der Waals surface area contributed by atoms with E-state index in [0.717, 1.165) is 11.1 Å². The van der Waals surface area contributed by atoms with Crippen LogP contribution in [0.4, 0.5) is 0 Å². The molecule has 1 aromatic heterocycles. The molecule has 2 heterocycles. The van der Waals surface area contributed by atoms with Crippen molar-refractivity contribution >= 4 is 29.4 Å². The highest BCUT2D eigenvalue weighted by Crippen LogP contribution is 2.41. The number of ether oxygens (including phenoxy) is 1. The van der Waals surface area contributed by atoms with Gasteiger partial charge in [0.1, 0.15) is 17.2 Å². The van der Waals surface area contributed by atoms with Crippen LogP contribution in [0.2, 0.25) is 0 Å². The van der Waals surface area contributed by atoms with Crippen LogP contribution in [0.3, 0.4) is 0 Å². The van der Waals surface area contributed by atoms with Crippen molar-refractivity contribution in [2.75, 3.05) is 5.75 Å². The standard InChI is InChI=1S/C21H23NO5S/c1-12-7-8-13(2)16(10-12)19(24)14(3)27-21(25)17-11-28-20(22(17)15(4)23)18-6-5-9-26-18/h5-10,14,17,20H,11H2,1-4H3/t14-,17-,20-/m1/s1. The van der Waals surface area contributed by atoms with Crippen LogP contribution in [0, 0.1) is 13.8 Å². The molecule has 0 N–H and O–H groups in total. The van der Waals surface area contributed by atoms with E-state index in [-0.39, 0.29) is 17.1 Å². The van der Waals surface area contributed by atoms with Gasteiger partial charge in [-0.3, -0.25) is 9.59 Å². The van der Waals surface area contributed by atoms with E-state index in [1.807, 2.05) is 26.0 Å². The molecule has 1 aliphatic rings. The lowest BCUT2D eigenvalue weighted by Gasteiger charge is -2.26. The van der Waals surface area contributed by atoms with Crippen molar-refractivity contribution < 1.29 is 23.5 Å². The Balaban J connectivity index is 1.73. The highest BCUT2D eigenvalue weighted by atomic mass is 32.2. The summed E-state index contributed by atoms with van der Waals surface area (Å²) in [6.45, 7) is 6.72. The van der Waals surface area contributed by atoms with E-state index in [9.17, 15) is 14.4 Å². The molecule has 7 heteroatoms. The van der Waals surface area contributed by atoms with Crippen LogP contribution >= 0.6 is 11.8 Å². The number of hydrogen-bond acceptors (Lipinski definition) is 6. The molecule has 1 fully saturated rings. The highest BCUT2D eigenvalue weighted by molar-refractivity contribution is 7.99. The van der Waals surface area contributed by atoms with Crippen molar-refractivity contribution in [2.24, 2.45) is 0 Å². The molecule has 0 spiro atoms. The fourth-order valence-electron chi connectivity index (χ4n) is 3.25. The van der Waals surface area contributed by atoms with Gasteiger partial charge in [-0.25, -0.2) is 4.79 Å². The molecule has 0 radical (unpaired) electrons. The Bertz CT molecular complexity index is 892. The lowest BCUT2D eigenvalue weighted by atomic mass is 9.99. The third kappa shape index (κ3) is 3.99. The molecule has 28 heavy (non-hydrogen) atoms. The first-order valence-corrected chi connectivity index (χ1v) is 10.1. The van der Waals surface area contributed by atoms with Crippen LogP contribution in [0.1, 0.15) is 46.5 Å². The van der Waals surface area contributed by atoms with Crippen molar-refractivity contribution in [3.63, 3.8) is 0 Å². The van der Waals surface area contributed by atoms with E-state index in [4.69, 9.17) is 9.15 Å². The van der Waals surface area contributed by atoms with E-state index in [1.54, 1.807) is 25.1 Å². The summed E-state index contributed by atoms with van der Waals surface area (Å²) in [5.41, 5.74) is 2.33.